The smallest absolute Gasteiger partial charge is 0.227 e. The summed E-state index contributed by atoms with van der Waals surface area (Å²) in [5.41, 5.74) is 1.26. The predicted octanol–water partition coefficient (Wildman–Crippen LogP) is 1.79. The number of anilines is 1. The molecule has 1 N–H and O–H groups in total. The third-order valence-electron chi connectivity index (χ3n) is 4.12. The maximum Gasteiger partial charge on any atom is 0.227 e. The topological polar surface area (TPSA) is 35.6 Å². The molecule has 2 saturated heterocycles. The summed E-state index contributed by atoms with van der Waals surface area (Å²) in [4.78, 5) is 16.7. The second-order valence-corrected chi connectivity index (χ2v) is 5.34. The third-order valence-corrected chi connectivity index (χ3v) is 4.12. The third kappa shape index (κ3) is 4.25. The summed E-state index contributed by atoms with van der Waals surface area (Å²) in [5.74, 6) is 0.556. The number of benzene rings is 1. The zero-order valence-electron chi connectivity index (χ0n) is 12.0. The molecular weight excluding hydrogens is 309 g/mol. The minimum absolute atomic E-state index is 0. The molecule has 2 aliphatic rings. The standard InChI is InChI=1S/C15H21N3O.2ClH/c19-15(13-6-7-16-12-13)18-10-8-17(9-11-18)14-4-2-1-3-5-14;;/h1-5,13,16H,6-12H2;2*1H. The van der Waals surface area contributed by atoms with Crippen LogP contribution in [0.25, 0.3) is 0 Å². The number of nitrogens with one attached hydrogen (secondary N) is 1. The number of hydrogen-bond acceptors (Lipinski definition) is 3. The molecule has 3 rings (SSSR count). The van der Waals surface area contributed by atoms with Gasteiger partial charge in [-0.1, -0.05) is 18.2 Å². The highest BCUT2D eigenvalue weighted by Crippen LogP contribution is 2.18. The fraction of sp³-hybridized carbons (Fsp3) is 0.533. The van der Waals surface area contributed by atoms with Crippen molar-refractivity contribution in [2.75, 3.05) is 44.2 Å². The summed E-state index contributed by atoms with van der Waals surface area (Å²) in [6.07, 6.45) is 0.998. The molecule has 6 heteroatoms. The first-order valence-corrected chi connectivity index (χ1v) is 7.14. The average Bonchev–Trinajstić information content (AvgIpc) is 3.02. The Hall–Kier alpha value is -0.970. The zero-order chi connectivity index (χ0) is 13.1. The molecule has 0 saturated carbocycles. The lowest BCUT2D eigenvalue weighted by Gasteiger charge is -2.37. The number of carbonyl (C=O) groups excluding carboxylic acids is 1. The van der Waals surface area contributed by atoms with Crippen molar-refractivity contribution in [2.24, 2.45) is 5.92 Å². The lowest BCUT2D eigenvalue weighted by atomic mass is 10.1. The molecule has 0 aromatic heterocycles. The fourth-order valence-corrected chi connectivity index (χ4v) is 2.95. The van der Waals surface area contributed by atoms with Crippen molar-refractivity contribution >= 4 is 36.4 Å². The monoisotopic (exact) mass is 331 g/mol. The van der Waals surface area contributed by atoms with Crippen LogP contribution in [0.4, 0.5) is 5.69 Å². The highest BCUT2D eigenvalue weighted by molar-refractivity contribution is 5.85. The first kappa shape index (κ1) is 18.1. The van der Waals surface area contributed by atoms with E-state index in [4.69, 9.17) is 0 Å². The molecular formula is C15H23Cl2N3O. The van der Waals surface area contributed by atoms with Crippen molar-refractivity contribution < 1.29 is 4.79 Å². The summed E-state index contributed by atoms with van der Waals surface area (Å²) in [6, 6.07) is 10.4. The largest absolute Gasteiger partial charge is 0.368 e. The van der Waals surface area contributed by atoms with Crippen LogP contribution in [0.15, 0.2) is 30.3 Å². The Morgan fingerprint density at radius 2 is 1.71 bits per heavy atom. The molecule has 118 valence electrons. The van der Waals surface area contributed by atoms with Gasteiger partial charge in [0.15, 0.2) is 0 Å². The molecule has 0 spiro atoms. The van der Waals surface area contributed by atoms with Crippen LogP contribution in [0.5, 0.6) is 0 Å². The minimum Gasteiger partial charge on any atom is -0.368 e. The van der Waals surface area contributed by atoms with Crippen LogP contribution in [-0.2, 0) is 4.79 Å². The van der Waals surface area contributed by atoms with Crippen molar-refractivity contribution in [3.05, 3.63) is 30.3 Å². The van der Waals surface area contributed by atoms with E-state index in [1.807, 2.05) is 11.0 Å². The average molecular weight is 332 g/mol. The van der Waals surface area contributed by atoms with Gasteiger partial charge >= 0.3 is 0 Å². The Morgan fingerprint density at radius 3 is 2.29 bits per heavy atom. The number of carbonyl (C=O) groups is 1. The van der Waals surface area contributed by atoms with Crippen LogP contribution in [0.3, 0.4) is 0 Å². The van der Waals surface area contributed by atoms with E-state index in [1.165, 1.54) is 5.69 Å². The van der Waals surface area contributed by atoms with Gasteiger partial charge in [-0.25, -0.2) is 0 Å². The van der Waals surface area contributed by atoms with E-state index in [0.717, 1.165) is 45.7 Å². The quantitative estimate of drug-likeness (QED) is 0.897. The van der Waals surface area contributed by atoms with Crippen molar-refractivity contribution in [3.63, 3.8) is 0 Å². The van der Waals surface area contributed by atoms with Crippen LogP contribution in [0, 0.1) is 5.92 Å². The van der Waals surface area contributed by atoms with Gasteiger partial charge in [-0.2, -0.15) is 0 Å². The van der Waals surface area contributed by atoms with Gasteiger partial charge in [0, 0.05) is 38.4 Å². The minimum atomic E-state index is 0. The maximum absolute atomic E-state index is 12.3. The Bertz CT molecular complexity index is 430. The highest BCUT2D eigenvalue weighted by atomic mass is 35.5. The molecule has 1 aromatic carbocycles. The van der Waals surface area contributed by atoms with Crippen LogP contribution in [-0.4, -0.2) is 50.1 Å². The summed E-state index contributed by atoms with van der Waals surface area (Å²) in [5, 5.41) is 3.27. The fourth-order valence-electron chi connectivity index (χ4n) is 2.95. The van der Waals surface area contributed by atoms with E-state index in [0.29, 0.717) is 5.91 Å². The molecule has 0 bridgehead atoms. The van der Waals surface area contributed by atoms with E-state index in [-0.39, 0.29) is 30.7 Å². The SMILES string of the molecule is Cl.Cl.O=C(C1CCNC1)N1CCN(c2ccccc2)CC1. The van der Waals surface area contributed by atoms with Gasteiger partial charge in [0.05, 0.1) is 5.92 Å². The molecule has 1 aromatic rings. The van der Waals surface area contributed by atoms with E-state index in [2.05, 4.69) is 34.5 Å². The Balaban J connectivity index is 0.00000110. The zero-order valence-corrected chi connectivity index (χ0v) is 13.7. The summed E-state index contributed by atoms with van der Waals surface area (Å²) < 4.78 is 0. The van der Waals surface area contributed by atoms with Gasteiger partial charge in [0.2, 0.25) is 5.91 Å². The molecule has 1 amide bonds. The molecule has 2 fully saturated rings. The normalized spacial score (nSPS) is 21.4. The lowest BCUT2D eigenvalue weighted by molar-refractivity contribution is -0.135. The van der Waals surface area contributed by atoms with Gasteiger partial charge in [-0.15, -0.1) is 24.8 Å². The Kier molecular flexibility index (Phi) is 7.29. The summed E-state index contributed by atoms with van der Waals surface area (Å²) in [7, 11) is 0. The molecule has 4 nitrogen and oxygen atoms in total. The first-order chi connectivity index (χ1) is 9.34. The van der Waals surface area contributed by atoms with Crippen molar-refractivity contribution in [3.8, 4) is 0 Å². The molecule has 0 aliphatic carbocycles. The second kappa shape index (κ2) is 8.47. The number of amides is 1. The summed E-state index contributed by atoms with van der Waals surface area (Å²) in [6.45, 7) is 5.43. The van der Waals surface area contributed by atoms with Gasteiger partial charge in [0.25, 0.3) is 0 Å². The van der Waals surface area contributed by atoms with Crippen molar-refractivity contribution in [2.45, 2.75) is 6.42 Å². The molecule has 1 unspecified atom stereocenters. The molecule has 0 radical (unpaired) electrons. The van der Waals surface area contributed by atoms with Crippen LogP contribution in [0.1, 0.15) is 6.42 Å². The van der Waals surface area contributed by atoms with Crippen molar-refractivity contribution in [1.82, 2.24) is 10.2 Å². The second-order valence-electron chi connectivity index (χ2n) is 5.34. The maximum atomic E-state index is 12.3. The predicted molar refractivity (Wildman–Crippen MR) is 90.7 cm³/mol. The lowest BCUT2D eigenvalue weighted by Crippen LogP contribution is -2.50. The Morgan fingerprint density at radius 1 is 1.05 bits per heavy atom. The van der Waals surface area contributed by atoms with Gasteiger partial charge < -0.3 is 15.1 Å². The number of para-hydroxylation sites is 1. The summed E-state index contributed by atoms with van der Waals surface area (Å²) >= 11 is 0. The number of nitrogens with zero attached hydrogens (tertiary/aromatic N) is 2. The molecule has 1 atom stereocenters. The Labute approximate surface area is 138 Å². The van der Waals surface area contributed by atoms with Crippen molar-refractivity contribution in [1.29, 1.82) is 0 Å². The number of hydrogen-bond donors (Lipinski definition) is 1. The first-order valence-electron chi connectivity index (χ1n) is 7.14. The van der Waals surface area contributed by atoms with Gasteiger partial charge in [-0.05, 0) is 25.1 Å². The molecule has 2 heterocycles. The van der Waals surface area contributed by atoms with E-state index < -0.39 is 0 Å². The highest BCUT2D eigenvalue weighted by Gasteiger charge is 2.29. The van der Waals surface area contributed by atoms with E-state index >= 15 is 0 Å². The molecule has 2 aliphatic heterocycles. The van der Waals surface area contributed by atoms with E-state index in [1.54, 1.807) is 0 Å². The number of rotatable bonds is 2. The van der Waals surface area contributed by atoms with E-state index in [9.17, 15) is 4.79 Å². The van der Waals surface area contributed by atoms with Crippen LogP contribution >= 0.6 is 24.8 Å². The number of halogens is 2. The molecule has 21 heavy (non-hydrogen) atoms. The number of piperazine rings is 1. The van der Waals surface area contributed by atoms with Gasteiger partial charge in [-0.3, -0.25) is 4.79 Å². The van der Waals surface area contributed by atoms with Crippen LogP contribution < -0.4 is 10.2 Å². The van der Waals surface area contributed by atoms with Gasteiger partial charge in [0.1, 0.15) is 0 Å². The van der Waals surface area contributed by atoms with Crippen LogP contribution in [0.2, 0.25) is 0 Å².